The van der Waals surface area contributed by atoms with Gasteiger partial charge in [0.15, 0.2) is 0 Å². The molecule has 0 saturated heterocycles. The maximum atomic E-state index is 2.50. The molecule has 0 saturated carbocycles. The van der Waals surface area contributed by atoms with E-state index in [1.807, 2.05) is 0 Å². The second-order valence-corrected chi connectivity index (χ2v) is 35.1. The topological polar surface area (TPSA) is 0 Å². The van der Waals surface area contributed by atoms with Gasteiger partial charge in [0.1, 0.15) is 0 Å². The summed E-state index contributed by atoms with van der Waals surface area (Å²) in [5.41, 5.74) is 33.2. The first kappa shape index (κ1) is 72.7. The molecule has 580 valence electrons. The fourth-order valence-electron chi connectivity index (χ4n) is 21.8. The first-order valence-corrected chi connectivity index (χ1v) is 43.6. The highest BCUT2D eigenvalue weighted by molar-refractivity contribution is 6.31. The van der Waals surface area contributed by atoms with Crippen LogP contribution in [0.15, 0.2) is 437 Å². The van der Waals surface area contributed by atoms with E-state index >= 15 is 0 Å². The standard InChI is InChI=1S/C65H44.C59H40/c1-65(2)59-27-15-14-20-49(59)50-36-35-48(40-60(50)65)64-56-26-13-12-25-55(56)63(57-37-34-47(39-58(57)64)46-33-28-41-16-6-7-19-45(41)38-46)44-31-29-43(30-32-44)62-53-23-10-8-21-51(53)61(42-17-4-3-5-18-42)52-22-9-11-24-54(52)62;1-59(2)53-27-15-14-20-43(53)44-32-31-42(36-54(44)59)56-47-23-10-13-26-50(47)58(51-33-30-41(35-52(51)56)40-29-28-37-16-6-7-19-39(37)34-40)57-48-24-11-8-21-45(48)55(38-17-4-3-5-18-38)46-22-9-12-25-49(46)57/h3-40H,1-2H3;3-36H,1-2H3. The lowest BCUT2D eigenvalue weighted by Gasteiger charge is -2.24. The van der Waals surface area contributed by atoms with Crippen LogP contribution >= 0.6 is 0 Å². The molecule has 0 nitrogen and oxygen atoms in total. The lowest BCUT2D eigenvalue weighted by Crippen LogP contribution is -2.14. The van der Waals surface area contributed by atoms with E-state index < -0.39 is 0 Å². The van der Waals surface area contributed by atoms with Crippen molar-refractivity contribution in [2.75, 3.05) is 0 Å². The molecule has 2 aliphatic rings. The summed E-state index contributed by atoms with van der Waals surface area (Å²) in [6.07, 6.45) is 0. The number of hydrogen-bond donors (Lipinski definition) is 0. The molecule has 124 heavy (non-hydrogen) atoms. The summed E-state index contributed by atoms with van der Waals surface area (Å²) in [5, 5.41) is 25.2. The molecule has 0 amide bonds. The summed E-state index contributed by atoms with van der Waals surface area (Å²) < 4.78 is 0. The zero-order chi connectivity index (χ0) is 82.5. The van der Waals surface area contributed by atoms with Crippen molar-refractivity contribution in [3.8, 4) is 122 Å². The summed E-state index contributed by atoms with van der Waals surface area (Å²) in [7, 11) is 0. The van der Waals surface area contributed by atoms with Crippen LogP contribution in [0.3, 0.4) is 0 Å². The Morgan fingerprint density at radius 2 is 0.339 bits per heavy atom. The lowest BCUT2D eigenvalue weighted by atomic mass is 9.79. The molecule has 0 aliphatic heterocycles. The van der Waals surface area contributed by atoms with Gasteiger partial charge in [-0.25, -0.2) is 0 Å². The number of benzene rings is 23. The third-order valence-electron chi connectivity index (χ3n) is 27.7. The molecular weight excluding hydrogens is 1490 g/mol. The van der Waals surface area contributed by atoms with E-state index in [4.69, 9.17) is 0 Å². The van der Waals surface area contributed by atoms with E-state index in [9.17, 15) is 0 Å². The van der Waals surface area contributed by atoms with Crippen LogP contribution in [0.2, 0.25) is 0 Å². The monoisotopic (exact) mass is 1570 g/mol. The molecule has 0 radical (unpaired) electrons. The molecule has 0 unspecified atom stereocenters. The van der Waals surface area contributed by atoms with Crippen molar-refractivity contribution in [1.29, 1.82) is 0 Å². The molecule has 0 heterocycles. The van der Waals surface area contributed by atoms with Crippen LogP contribution in [0.25, 0.3) is 230 Å². The largest absolute Gasteiger partial charge is 0.0622 e. The van der Waals surface area contributed by atoms with Gasteiger partial charge in [-0.1, -0.05) is 428 Å². The molecule has 2 aliphatic carbocycles. The van der Waals surface area contributed by atoms with E-state index in [-0.39, 0.29) is 10.8 Å². The van der Waals surface area contributed by atoms with Crippen molar-refractivity contribution in [2.45, 2.75) is 38.5 Å². The van der Waals surface area contributed by atoms with Gasteiger partial charge in [-0.15, -0.1) is 0 Å². The molecule has 0 fully saturated rings. The second kappa shape index (κ2) is 28.7. The molecule has 0 spiro atoms. The van der Waals surface area contributed by atoms with Crippen LogP contribution in [0.5, 0.6) is 0 Å². The lowest BCUT2D eigenvalue weighted by molar-refractivity contribution is 0.660. The molecular formula is C124H84. The zero-order valence-electron chi connectivity index (χ0n) is 69.6. The van der Waals surface area contributed by atoms with Gasteiger partial charge in [0.05, 0.1) is 0 Å². The SMILES string of the molecule is CC1(C)c2ccccc2-c2ccc(-c3c4ccccc4c(-c4c5ccccc5c(-c5ccccc5)c5ccccc45)c4ccc(-c5ccc6ccccc6c5)cc34)cc21.CC1(C)c2ccccc2-c2ccc(-c3c4ccccc4c(-c4ccc(-c5c6ccccc6c(-c6ccccc6)c6ccccc56)cc4)c4ccc(-c5ccc6ccccc6c5)cc34)cc21. The average molecular weight is 1570 g/mol. The Bertz CT molecular complexity index is 8270. The van der Waals surface area contributed by atoms with Crippen molar-refractivity contribution < 1.29 is 0 Å². The fraction of sp³-hybridized carbons (Fsp3) is 0.0484. The van der Waals surface area contributed by atoms with Gasteiger partial charge < -0.3 is 0 Å². The van der Waals surface area contributed by atoms with Gasteiger partial charge in [0.25, 0.3) is 0 Å². The summed E-state index contributed by atoms with van der Waals surface area (Å²) in [4.78, 5) is 0. The van der Waals surface area contributed by atoms with Crippen LogP contribution in [-0.4, -0.2) is 0 Å². The Morgan fingerprint density at radius 3 is 0.677 bits per heavy atom. The van der Waals surface area contributed by atoms with E-state index in [2.05, 4.69) is 464 Å². The van der Waals surface area contributed by atoms with Crippen molar-refractivity contribution in [2.24, 2.45) is 0 Å². The van der Waals surface area contributed by atoms with Gasteiger partial charge in [0, 0.05) is 10.8 Å². The second-order valence-electron chi connectivity index (χ2n) is 35.1. The van der Waals surface area contributed by atoms with E-state index in [0.29, 0.717) is 0 Å². The molecule has 0 heteroatoms. The third kappa shape index (κ3) is 11.4. The zero-order valence-corrected chi connectivity index (χ0v) is 69.6. The highest BCUT2D eigenvalue weighted by Crippen LogP contribution is 2.57. The summed E-state index contributed by atoms with van der Waals surface area (Å²) in [6.45, 7) is 9.53. The molecule has 0 bridgehead atoms. The summed E-state index contributed by atoms with van der Waals surface area (Å²) >= 11 is 0. The van der Waals surface area contributed by atoms with Crippen LogP contribution in [0.4, 0.5) is 0 Å². The van der Waals surface area contributed by atoms with E-state index in [0.717, 1.165) is 0 Å². The molecule has 25 rings (SSSR count). The minimum atomic E-state index is -0.109. The number of hydrogen-bond acceptors (Lipinski definition) is 0. The van der Waals surface area contributed by atoms with Gasteiger partial charge in [0.2, 0.25) is 0 Å². The maximum Gasteiger partial charge on any atom is 0.0159 e. The molecule has 0 atom stereocenters. The Labute approximate surface area is 722 Å². The van der Waals surface area contributed by atoms with Crippen LogP contribution < -0.4 is 0 Å². The Balaban J connectivity index is 0.000000140. The quantitative estimate of drug-likeness (QED) is 0.126. The van der Waals surface area contributed by atoms with Crippen molar-refractivity contribution in [1.82, 2.24) is 0 Å². The summed E-state index contributed by atoms with van der Waals surface area (Å²) in [6, 6.07) is 163. The third-order valence-corrected chi connectivity index (χ3v) is 27.7. The smallest absolute Gasteiger partial charge is 0.0159 e. The Hall–Kier alpha value is -15.3. The van der Waals surface area contributed by atoms with Gasteiger partial charge in [-0.05, 0) is 289 Å². The highest BCUT2D eigenvalue weighted by Gasteiger charge is 2.38. The summed E-state index contributed by atoms with van der Waals surface area (Å²) in [5.74, 6) is 0. The predicted molar refractivity (Wildman–Crippen MR) is 532 cm³/mol. The van der Waals surface area contributed by atoms with Crippen LogP contribution in [-0.2, 0) is 10.8 Å². The molecule has 23 aromatic rings. The van der Waals surface area contributed by atoms with E-state index in [1.54, 1.807) is 0 Å². The Kier molecular flexibility index (Phi) is 16.8. The normalized spacial score (nSPS) is 13.0. The first-order valence-electron chi connectivity index (χ1n) is 43.6. The average Bonchev–Trinajstić information content (AvgIpc) is 1.10. The first-order chi connectivity index (χ1) is 61.1. The van der Waals surface area contributed by atoms with Gasteiger partial charge in [-0.3, -0.25) is 0 Å². The molecule has 0 aromatic heterocycles. The van der Waals surface area contributed by atoms with E-state index in [1.165, 1.54) is 252 Å². The fourth-order valence-corrected chi connectivity index (χ4v) is 21.8. The number of rotatable bonds is 9. The Morgan fingerprint density at radius 1 is 0.121 bits per heavy atom. The predicted octanol–water partition coefficient (Wildman–Crippen LogP) is 34.5. The molecule has 0 N–H and O–H groups in total. The van der Waals surface area contributed by atoms with Crippen LogP contribution in [0.1, 0.15) is 49.9 Å². The van der Waals surface area contributed by atoms with Crippen molar-refractivity contribution in [3.63, 3.8) is 0 Å². The highest BCUT2D eigenvalue weighted by atomic mass is 14.4. The van der Waals surface area contributed by atoms with Crippen molar-refractivity contribution >= 4 is 108 Å². The minimum Gasteiger partial charge on any atom is -0.0622 e. The van der Waals surface area contributed by atoms with Crippen LogP contribution in [0, 0.1) is 0 Å². The van der Waals surface area contributed by atoms with Gasteiger partial charge in [-0.2, -0.15) is 0 Å². The number of fused-ring (bicyclic) bond motifs is 16. The van der Waals surface area contributed by atoms with Crippen molar-refractivity contribution in [3.05, 3.63) is 459 Å². The van der Waals surface area contributed by atoms with Gasteiger partial charge >= 0.3 is 0 Å². The molecule has 23 aromatic carbocycles. The minimum absolute atomic E-state index is 0.107. The maximum absolute atomic E-state index is 2.50.